The number of ether oxygens (including phenoxy) is 2. The maximum atomic E-state index is 11.5. The molecule has 2 aliphatic heterocycles. The summed E-state index contributed by atoms with van der Waals surface area (Å²) in [5.74, 6) is 2.02. The van der Waals surface area contributed by atoms with Gasteiger partial charge in [0.2, 0.25) is 0 Å². The molecule has 0 aromatic rings. The molecule has 0 aromatic carbocycles. The van der Waals surface area contributed by atoms with E-state index in [2.05, 4.69) is 27.7 Å². The second kappa shape index (κ2) is 4.46. The molecule has 3 rings (SSSR count). The van der Waals surface area contributed by atoms with Crippen LogP contribution in [0.1, 0.15) is 60.3 Å². The van der Waals surface area contributed by atoms with Gasteiger partial charge in [0.05, 0.1) is 11.7 Å². The minimum Gasteiger partial charge on any atom is -0.459 e. The van der Waals surface area contributed by atoms with Crippen LogP contribution in [-0.2, 0) is 14.3 Å². The van der Waals surface area contributed by atoms with Crippen molar-refractivity contribution in [2.75, 3.05) is 0 Å². The molecular weight excluding hydrogens is 252 g/mol. The Hall–Kier alpha value is -0.570. The largest absolute Gasteiger partial charge is 0.459 e. The summed E-state index contributed by atoms with van der Waals surface area (Å²) >= 11 is 0. The molecule has 0 spiro atoms. The monoisotopic (exact) mass is 280 g/mol. The molecule has 3 heteroatoms. The summed E-state index contributed by atoms with van der Waals surface area (Å²) in [7, 11) is 0. The normalized spacial score (nSPS) is 50.3. The van der Waals surface area contributed by atoms with Crippen LogP contribution in [0.2, 0.25) is 0 Å². The van der Waals surface area contributed by atoms with Gasteiger partial charge in [0, 0.05) is 12.8 Å². The highest BCUT2D eigenvalue weighted by atomic mass is 16.6. The van der Waals surface area contributed by atoms with Crippen LogP contribution in [0.4, 0.5) is 0 Å². The van der Waals surface area contributed by atoms with Crippen LogP contribution in [0.25, 0.3) is 0 Å². The average Bonchev–Trinajstić information content (AvgIpc) is 2.75. The third kappa shape index (κ3) is 1.93. The summed E-state index contributed by atoms with van der Waals surface area (Å²) in [5.41, 5.74) is -0.310. The summed E-state index contributed by atoms with van der Waals surface area (Å²) in [5, 5.41) is 0. The number of carbonyl (C=O) groups is 1. The van der Waals surface area contributed by atoms with Gasteiger partial charge in [0.15, 0.2) is 0 Å². The van der Waals surface area contributed by atoms with Crippen molar-refractivity contribution in [2.24, 2.45) is 23.7 Å². The lowest BCUT2D eigenvalue weighted by Gasteiger charge is -2.41. The predicted molar refractivity (Wildman–Crippen MR) is 77.2 cm³/mol. The van der Waals surface area contributed by atoms with Gasteiger partial charge < -0.3 is 9.47 Å². The minimum absolute atomic E-state index is 0.0125. The van der Waals surface area contributed by atoms with Crippen molar-refractivity contribution >= 4 is 5.97 Å². The summed E-state index contributed by atoms with van der Waals surface area (Å²) in [6.45, 7) is 10.5. The van der Waals surface area contributed by atoms with Crippen molar-refractivity contribution in [1.29, 1.82) is 0 Å². The first-order chi connectivity index (χ1) is 9.27. The molecule has 2 bridgehead atoms. The van der Waals surface area contributed by atoms with Gasteiger partial charge in [-0.3, -0.25) is 4.79 Å². The second-order valence-corrected chi connectivity index (χ2v) is 7.92. The molecule has 1 saturated carbocycles. The van der Waals surface area contributed by atoms with E-state index >= 15 is 0 Å². The highest BCUT2D eigenvalue weighted by Gasteiger charge is 2.66. The van der Waals surface area contributed by atoms with Crippen molar-refractivity contribution in [1.82, 2.24) is 0 Å². The van der Waals surface area contributed by atoms with Gasteiger partial charge in [-0.15, -0.1) is 0 Å². The van der Waals surface area contributed by atoms with E-state index < -0.39 is 0 Å². The standard InChI is InChI=1S/C17H28O3/c1-10(2)12-6-8-16(4)13-7-9-17(5,19-11(3)18)14(13)15(12)20-16/h10,12-15H,6-9H2,1-5H3/t12-,13+,14+,15-,16+,17-/m0/s1. The summed E-state index contributed by atoms with van der Waals surface area (Å²) in [6, 6.07) is 0. The van der Waals surface area contributed by atoms with Crippen molar-refractivity contribution in [3.8, 4) is 0 Å². The molecular formula is C17H28O3. The van der Waals surface area contributed by atoms with Gasteiger partial charge in [-0.25, -0.2) is 0 Å². The Kier molecular flexibility index (Phi) is 3.20. The number of carbonyl (C=O) groups excluding carboxylic acids is 1. The van der Waals surface area contributed by atoms with Crippen LogP contribution in [0, 0.1) is 23.7 Å². The Morgan fingerprint density at radius 3 is 2.55 bits per heavy atom. The Bertz CT molecular complexity index is 418. The molecule has 6 atom stereocenters. The summed E-state index contributed by atoms with van der Waals surface area (Å²) < 4.78 is 12.3. The first kappa shape index (κ1) is 14.4. The zero-order valence-electron chi connectivity index (χ0n) is 13.4. The summed E-state index contributed by atoms with van der Waals surface area (Å²) in [4.78, 5) is 11.5. The molecule has 1 aliphatic carbocycles. The quantitative estimate of drug-likeness (QED) is 0.726. The maximum absolute atomic E-state index is 11.5. The maximum Gasteiger partial charge on any atom is 0.303 e. The van der Waals surface area contributed by atoms with E-state index in [1.807, 2.05) is 0 Å². The molecule has 3 aliphatic rings. The van der Waals surface area contributed by atoms with E-state index in [1.54, 1.807) is 0 Å². The highest BCUT2D eigenvalue weighted by molar-refractivity contribution is 5.66. The average molecular weight is 280 g/mol. The Balaban J connectivity index is 1.94. The topological polar surface area (TPSA) is 35.5 Å². The second-order valence-electron chi connectivity index (χ2n) is 7.92. The van der Waals surface area contributed by atoms with E-state index in [-0.39, 0.29) is 23.3 Å². The number of esters is 1. The smallest absolute Gasteiger partial charge is 0.303 e. The molecule has 2 heterocycles. The highest BCUT2D eigenvalue weighted by Crippen LogP contribution is 2.62. The molecule has 0 N–H and O–H groups in total. The summed E-state index contributed by atoms with van der Waals surface area (Å²) in [6.07, 6.45) is 4.80. The van der Waals surface area contributed by atoms with Gasteiger partial charge in [0.1, 0.15) is 5.60 Å². The minimum atomic E-state index is -0.323. The van der Waals surface area contributed by atoms with E-state index in [0.29, 0.717) is 23.7 Å². The molecule has 3 nitrogen and oxygen atoms in total. The van der Waals surface area contributed by atoms with E-state index in [1.165, 1.54) is 13.3 Å². The number of fused-ring (bicyclic) bond motifs is 5. The molecule has 20 heavy (non-hydrogen) atoms. The number of hydrogen-bond acceptors (Lipinski definition) is 3. The van der Waals surface area contributed by atoms with Crippen LogP contribution in [0.5, 0.6) is 0 Å². The van der Waals surface area contributed by atoms with Crippen molar-refractivity contribution in [3.05, 3.63) is 0 Å². The van der Waals surface area contributed by atoms with E-state index in [0.717, 1.165) is 19.3 Å². The molecule has 0 radical (unpaired) electrons. The molecule has 0 amide bonds. The zero-order valence-corrected chi connectivity index (χ0v) is 13.4. The molecule has 3 fully saturated rings. The van der Waals surface area contributed by atoms with Gasteiger partial charge >= 0.3 is 5.97 Å². The SMILES string of the molecule is CC(=O)O[C@@]1(C)CC[C@@H]2[C@@H]1[C@H]1O[C@]2(C)CC[C@H]1C(C)C. The van der Waals surface area contributed by atoms with Crippen LogP contribution in [0.3, 0.4) is 0 Å². The fourth-order valence-electron chi connectivity index (χ4n) is 5.32. The Morgan fingerprint density at radius 2 is 1.95 bits per heavy atom. The molecule has 0 unspecified atom stereocenters. The van der Waals surface area contributed by atoms with Gasteiger partial charge in [-0.2, -0.15) is 0 Å². The van der Waals surface area contributed by atoms with Crippen LogP contribution >= 0.6 is 0 Å². The lowest BCUT2D eigenvalue weighted by atomic mass is 9.76. The van der Waals surface area contributed by atoms with Crippen molar-refractivity contribution in [3.63, 3.8) is 0 Å². The molecule has 2 saturated heterocycles. The van der Waals surface area contributed by atoms with Crippen molar-refractivity contribution < 1.29 is 14.3 Å². The van der Waals surface area contributed by atoms with Crippen LogP contribution < -0.4 is 0 Å². The first-order valence-electron chi connectivity index (χ1n) is 8.14. The number of rotatable bonds is 2. The van der Waals surface area contributed by atoms with Gasteiger partial charge in [0.25, 0.3) is 0 Å². The Labute approximate surface area is 122 Å². The van der Waals surface area contributed by atoms with Crippen molar-refractivity contribution in [2.45, 2.75) is 77.6 Å². The molecule has 114 valence electrons. The predicted octanol–water partition coefficient (Wildman–Crippen LogP) is 3.56. The molecule has 0 aromatic heterocycles. The number of hydrogen-bond donors (Lipinski definition) is 0. The van der Waals surface area contributed by atoms with Gasteiger partial charge in [-0.1, -0.05) is 13.8 Å². The fourth-order valence-corrected chi connectivity index (χ4v) is 5.32. The third-order valence-electron chi connectivity index (χ3n) is 6.26. The fraction of sp³-hybridized carbons (Fsp3) is 0.941. The lowest BCUT2D eigenvalue weighted by Crippen LogP contribution is -2.45. The Morgan fingerprint density at radius 1 is 1.25 bits per heavy atom. The van der Waals surface area contributed by atoms with E-state index in [9.17, 15) is 4.79 Å². The lowest BCUT2D eigenvalue weighted by molar-refractivity contribution is -0.168. The van der Waals surface area contributed by atoms with Crippen LogP contribution in [-0.4, -0.2) is 23.3 Å². The van der Waals surface area contributed by atoms with E-state index in [4.69, 9.17) is 9.47 Å². The zero-order chi connectivity index (χ0) is 14.7. The third-order valence-corrected chi connectivity index (χ3v) is 6.26. The first-order valence-corrected chi connectivity index (χ1v) is 8.14. The van der Waals surface area contributed by atoms with Crippen LogP contribution in [0.15, 0.2) is 0 Å². The van der Waals surface area contributed by atoms with Gasteiger partial charge in [-0.05, 0) is 57.3 Å².